The van der Waals surface area contributed by atoms with Gasteiger partial charge in [0.1, 0.15) is 24.3 Å². The Balaban J connectivity index is 1.35. The van der Waals surface area contributed by atoms with Crippen molar-refractivity contribution in [3.8, 4) is 5.88 Å². The van der Waals surface area contributed by atoms with E-state index in [1.54, 1.807) is 29.2 Å². The minimum atomic E-state index is -0.449. The summed E-state index contributed by atoms with van der Waals surface area (Å²) in [5.74, 6) is 0.576. The predicted molar refractivity (Wildman–Crippen MR) is 112 cm³/mol. The normalized spacial score (nSPS) is 19.1. The third kappa shape index (κ3) is 4.76. The second kappa shape index (κ2) is 8.87. The Bertz CT molecular complexity index is 965. The highest BCUT2D eigenvalue weighted by Crippen LogP contribution is 2.24. The van der Waals surface area contributed by atoms with Gasteiger partial charge in [0.25, 0.3) is 0 Å². The van der Waals surface area contributed by atoms with Crippen LogP contribution in [0, 0.1) is 19.7 Å². The molecule has 8 nitrogen and oxygen atoms in total. The molecule has 0 radical (unpaired) electrons. The van der Waals surface area contributed by atoms with Crippen LogP contribution in [-0.4, -0.2) is 70.5 Å². The molecule has 0 unspecified atom stereocenters. The molecule has 0 saturated carbocycles. The van der Waals surface area contributed by atoms with Crippen LogP contribution in [0.2, 0.25) is 0 Å². The average Bonchev–Trinajstić information content (AvgIpc) is 3.08. The number of hydrogen-bond donors (Lipinski definition) is 0. The Morgan fingerprint density at radius 1 is 1.19 bits per heavy atom. The van der Waals surface area contributed by atoms with Crippen molar-refractivity contribution in [2.75, 3.05) is 37.6 Å². The highest BCUT2D eigenvalue weighted by Gasteiger charge is 2.34. The number of rotatable bonds is 5. The van der Waals surface area contributed by atoms with Gasteiger partial charge in [-0.25, -0.2) is 14.2 Å². The molecule has 0 bridgehead atoms. The minimum Gasteiger partial charge on any atom is -0.472 e. The van der Waals surface area contributed by atoms with E-state index in [9.17, 15) is 14.0 Å². The number of para-hydroxylation sites is 1. The quantitative estimate of drug-likeness (QED) is 0.733. The first kappa shape index (κ1) is 21.0. The average molecular weight is 427 g/mol. The van der Waals surface area contributed by atoms with Gasteiger partial charge in [0.2, 0.25) is 11.8 Å². The van der Waals surface area contributed by atoms with Crippen molar-refractivity contribution in [2.45, 2.75) is 32.8 Å². The fraction of sp³-hybridized carbons (Fsp3) is 0.455. The Kier molecular flexibility index (Phi) is 6.01. The number of aromatic nitrogens is 2. The summed E-state index contributed by atoms with van der Waals surface area (Å²) >= 11 is 0. The number of aryl methyl sites for hydroxylation is 2. The third-order valence-electron chi connectivity index (χ3n) is 5.53. The summed E-state index contributed by atoms with van der Waals surface area (Å²) in [4.78, 5) is 38.7. The van der Waals surface area contributed by atoms with E-state index in [0.717, 1.165) is 18.5 Å². The highest BCUT2D eigenvalue weighted by molar-refractivity contribution is 5.96. The van der Waals surface area contributed by atoms with Crippen LogP contribution in [0.3, 0.4) is 0 Å². The number of ether oxygens (including phenoxy) is 1. The van der Waals surface area contributed by atoms with Crippen LogP contribution in [0.25, 0.3) is 0 Å². The van der Waals surface area contributed by atoms with Gasteiger partial charge < -0.3 is 14.5 Å². The molecule has 31 heavy (non-hydrogen) atoms. The molecule has 164 valence electrons. The number of carbonyl (C=O) groups is 2. The second-order valence-electron chi connectivity index (χ2n) is 7.92. The van der Waals surface area contributed by atoms with Crippen LogP contribution < -0.4 is 9.64 Å². The van der Waals surface area contributed by atoms with E-state index >= 15 is 0 Å². The molecule has 1 atom stereocenters. The maximum absolute atomic E-state index is 14.1. The molecule has 2 fully saturated rings. The van der Waals surface area contributed by atoms with Gasteiger partial charge in [-0.05, 0) is 38.8 Å². The van der Waals surface area contributed by atoms with Crippen LogP contribution >= 0.6 is 0 Å². The summed E-state index contributed by atoms with van der Waals surface area (Å²) in [6.07, 6.45) is 1.49. The van der Waals surface area contributed by atoms with E-state index in [4.69, 9.17) is 4.74 Å². The first-order chi connectivity index (χ1) is 14.9. The molecular weight excluding hydrogens is 401 g/mol. The van der Waals surface area contributed by atoms with Gasteiger partial charge >= 0.3 is 6.03 Å². The number of anilines is 1. The molecule has 3 heterocycles. The zero-order valence-electron chi connectivity index (χ0n) is 17.8. The Morgan fingerprint density at radius 2 is 2.00 bits per heavy atom. The number of benzene rings is 1. The standard InChI is InChI=1S/C22H26FN5O3/c1-15-12-20(25-16(2)24-15)31-17-6-5-9-26(13-17)21(29)14-27-10-11-28(22(27)30)19-8-4-3-7-18(19)23/h3-4,7-8,12,17H,5-6,9-11,13-14H2,1-2H3/t17-/m1/s1. The topological polar surface area (TPSA) is 78.9 Å². The highest BCUT2D eigenvalue weighted by atomic mass is 19.1. The van der Waals surface area contributed by atoms with Gasteiger partial charge in [0, 0.05) is 31.4 Å². The molecule has 9 heteroatoms. The van der Waals surface area contributed by atoms with Gasteiger partial charge in [0.15, 0.2) is 0 Å². The summed E-state index contributed by atoms with van der Waals surface area (Å²) in [7, 11) is 0. The number of nitrogens with zero attached hydrogens (tertiary/aromatic N) is 5. The molecule has 4 rings (SSSR count). The van der Waals surface area contributed by atoms with E-state index < -0.39 is 5.82 Å². The fourth-order valence-corrected chi connectivity index (χ4v) is 4.06. The van der Waals surface area contributed by atoms with Gasteiger partial charge in [-0.3, -0.25) is 9.69 Å². The number of hydrogen-bond acceptors (Lipinski definition) is 5. The SMILES string of the molecule is Cc1cc(O[C@@H]2CCCN(C(=O)CN3CCN(c4ccccc4F)C3=O)C2)nc(C)n1. The van der Waals surface area contributed by atoms with Crippen molar-refractivity contribution < 1.29 is 18.7 Å². The van der Waals surface area contributed by atoms with Crippen LogP contribution in [-0.2, 0) is 4.79 Å². The van der Waals surface area contributed by atoms with Crippen molar-refractivity contribution in [2.24, 2.45) is 0 Å². The van der Waals surface area contributed by atoms with E-state index in [2.05, 4.69) is 9.97 Å². The monoisotopic (exact) mass is 427 g/mol. The zero-order valence-corrected chi connectivity index (χ0v) is 17.8. The molecule has 2 saturated heterocycles. The predicted octanol–water partition coefficient (Wildman–Crippen LogP) is 2.54. The summed E-state index contributed by atoms with van der Waals surface area (Å²) in [6.45, 7) is 5.48. The van der Waals surface area contributed by atoms with E-state index in [1.807, 2.05) is 13.8 Å². The fourth-order valence-electron chi connectivity index (χ4n) is 4.06. The zero-order chi connectivity index (χ0) is 22.0. The molecule has 3 amide bonds. The smallest absolute Gasteiger partial charge is 0.325 e. The van der Waals surface area contributed by atoms with Crippen LogP contribution in [0.5, 0.6) is 5.88 Å². The lowest BCUT2D eigenvalue weighted by Gasteiger charge is -2.33. The molecular formula is C22H26FN5O3. The van der Waals surface area contributed by atoms with Crippen molar-refractivity contribution >= 4 is 17.6 Å². The lowest BCUT2D eigenvalue weighted by atomic mass is 10.1. The number of amides is 3. The molecule has 2 aliphatic rings. The van der Waals surface area contributed by atoms with Gasteiger partial charge in [-0.2, -0.15) is 4.98 Å². The summed E-state index contributed by atoms with van der Waals surface area (Å²) < 4.78 is 20.1. The molecule has 1 aromatic heterocycles. The Labute approximate surface area is 180 Å². The second-order valence-corrected chi connectivity index (χ2v) is 7.92. The first-order valence-electron chi connectivity index (χ1n) is 10.5. The summed E-state index contributed by atoms with van der Waals surface area (Å²) in [6, 6.07) is 7.60. The van der Waals surface area contributed by atoms with Crippen LogP contribution in [0.4, 0.5) is 14.9 Å². The number of urea groups is 1. The van der Waals surface area contributed by atoms with Gasteiger partial charge in [0.05, 0.1) is 12.2 Å². The first-order valence-corrected chi connectivity index (χ1v) is 10.5. The van der Waals surface area contributed by atoms with Crippen molar-refractivity contribution in [1.29, 1.82) is 0 Å². The lowest BCUT2D eigenvalue weighted by Crippen LogP contribution is -2.48. The van der Waals surface area contributed by atoms with Crippen LogP contribution in [0.1, 0.15) is 24.4 Å². The Hall–Kier alpha value is -3.23. The van der Waals surface area contributed by atoms with Gasteiger partial charge in [-0.15, -0.1) is 0 Å². The van der Waals surface area contributed by atoms with E-state index in [1.165, 1.54) is 15.9 Å². The minimum absolute atomic E-state index is 0.0256. The molecule has 0 spiro atoms. The number of piperidine rings is 1. The number of halogens is 1. The third-order valence-corrected chi connectivity index (χ3v) is 5.53. The maximum atomic E-state index is 14.1. The van der Waals surface area contributed by atoms with Crippen LogP contribution in [0.15, 0.2) is 30.3 Å². The summed E-state index contributed by atoms with van der Waals surface area (Å²) in [5, 5.41) is 0. The largest absolute Gasteiger partial charge is 0.472 e. The van der Waals surface area contributed by atoms with Gasteiger partial charge in [-0.1, -0.05) is 12.1 Å². The van der Waals surface area contributed by atoms with E-state index in [0.29, 0.717) is 37.9 Å². The Morgan fingerprint density at radius 3 is 2.77 bits per heavy atom. The number of carbonyl (C=O) groups excluding carboxylic acids is 2. The molecule has 2 aromatic rings. The van der Waals surface area contributed by atoms with Crippen molar-refractivity contribution in [3.63, 3.8) is 0 Å². The molecule has 0 aliphatic carbocycles. The molecule has 0 N–H and O–H groups in total. The maximum Gasteiger partial charge on any atom is 0.325 e. The molecule has 2 aliphatic heterocycles. The molecule has 1 aromatic carbocycles. The lowest BCUT2D eigenvalue weighted by molar-refractivity contribution is -0.134. The summed E-state index contributed by atoms with van der Waals surface area (Å²) in [5.41, 5.74) is 1.07. The van der Waals surface area contributed by atoms with Crippen molar-refractivity contribution in [1.82, 2.24) is 19.8 Å². The van der Waals surface area contributed by atoms with Crippen molar-refractivity contribution in [3.05, 3.63) is 47.7 Å². The number of likely N-dealkylation sites (tertiary alicyclic amines) is 1. The van der Waals surface area contributed by atoms with E-state index in [-0.39, 0.29) is 30.3 Å².